The van der Waals surface area contributed by atoms with Gasteiger partial charge in [-0.05, 0) is 36.4 Å². The zero-order valence-electron chi connectivity index (χ0n) is 13.9. The van der Waals surface area contributed by atoms with Crippen molar-refractivity contribution in [2.45, 2.75) is 13.0 Å². The first-order chi connectivity index (χ1) is 12.7. The van der Waals surface area contributed by atoms with Crippen LogP contribution in [-0.2, 0) is 11.3 Å². The molecule has 0 saturated carbocycles. The smallest absolute Gasteiger partial charge is 0.226 e. The maximum absolute atomic E-state index is 12.4. The van der Waals surface area contributed by atoms with Crippen molar-refractivity contribution >= 4 is 33.4 Å². The fourth-order valence-corrected chi connectivity index (χ4v) is 2.97. The Bertz CT molecular complexity index is 1160. The van der Waals surface area contributed by atoms with Gasteiger partial charge in [-0.25, -0.2) is 0 Å². The molecule has 2 aromatic carbocycles. The Kier molecular flexibility index (Phi) is 4.15. The molecule has 1 N–H and O–H groups in total. The Morgan fingerprint density at radius 2 is 1.85 bits per heavy atom. The number of rotatable bonds is 4. The van der Waals surface area contributed by atoms with Crippen LogP contribution in [0.2, 0.25) is 0 Å². The van der Waals surface area contributed by atoms with Crippen molar-refractivity contribution in [2.24, 2.45) is 0 Å². The molecule has 128 valence electrons. The van der Waals surface area contributed by atoms with Crippen molar-refractivity contribution in [3.05, 3.63) is 77.2 Å². The molecular formula is C20H16N4O2. The summed E-state index contributed by atoms with van der Waals surface area (Å²) < 4.78 is 1.68. The van der Waals surface area contributed by atoms with Crippen molar-refractivity contribution < 1.29 is 4.79 Å². The fourth-order valence-electron chi connectivity index (χ4n) is 2.97. The Morgan fingerprint density at radius 1 is 1.00 bits per heavy atom. The minimum Gasteiger partial charge on any atom is -0.325 e. The highest BCUT2D eigenvalue weighted by Gasteiger charge is 2.08. The molecule has 6 nitrogen and oxygen atoms in total. The van der Waals surface area contributed by atoms with Crippen molar-refractivity contribution in [1.82, 2.24) is 14.8 Å². The largest absolute Gasteiger partial charge is 0.325 e. The van der Waals surface area contributed by atoms with Crippen LogP contribution in [0.3, 0.4) is 0 Å². The number of nitrogens with zero attached hydrogens (tertiary/aromatic N) is 3. The van der Waals surface area contributed by atoms with Gasteiger partial charge in [-0.15, -0.1) is 0 Å². The van der Waals surface area contributed by atoms with E-state index in [0.29, 0.717) is 11.9 Å². The van der Waals surface area contributed by atoms with Gasteiger partial charge >= 0.3 is 0 Å². The van der Waals surface area contributed by atoms with Gasteiger partial charge < -0.3 is 5.32 Å². The molecule has 0 radical (unpaired) electrons. The predicted molar refractivity (Wildman–Crippen MR) is 101 cm³/mol. The van der Waals surface area contributed by atoms with Crippen LogP contribution in [-0.4, -0.2) is 20.7 Å². The fraction of sp³-hybridized carbons (Fsp3) is 0.100. The van der Waals surface area contributed by atoms with Crippen molar-refractivity contribution in [3.8, 4) is 0 Å². The van der Waals surface area contributed by atoms with Gasteiger partial charge in [-0.1, -0.05) is 18.2 Å². The summed E-state index contributed by atoms with van der Waals surface area (Å²) in [6, 6.07) is 16.6. The van der Waals surface area contributed by atoms with Crippen LogP contribution in [0.15, 0.2) is 71.8 Å². The Hall–Kier alpha value is -3.54. The first-order valence-electron chi connectivity index (χ1n) is 8.31. The van der Waals surface area contributed by atoms with E-state index in [0.717, 1.165) is 22.1 Å². The Labute approximate surface area is 149 Å². The Balaban J connectivity index is 1.53. The normalized spacial score (nSPS) is 10.9. The summed E-state index contributed by atoms with van der Waals surface area (Å²) in [6.45, 7) is 0.385. The van der Waals surface area contributed by atoms with Gasteiger partial charge in [0.2, 0.25) is 11.3 Å². The summed E-state index contributed by atoms with van der Waals surface area (Å²) >= 11 is 0. The number of hydrogen-bond acceptors (Lipinski definition) is 4. The molecule has 0 aliphatic rings. The highest BCUT2D eigenvalue weighted by Crippen LogP contribution is 2.21. The second-order valence-corrected chi connectivity index (χ2v) is 5.92. The van der Waals surface area contributed by atoms with Gasteiger partial charge in [-0.3, -0.25) is 19.3 Å². The summed E-state index contributed by atoms with van der Waals surface area (Å²) in [5, 5.41) is 8.58. The first-order valence-corrected chi connectivity index (χ1v) is 8.31. The molecule has 0 unspecified atom stereocenters. The highest BCUT2D eigenvalue weighted by atomic mass is 16.1. The molecule has 2 heterocycles. The van der Waals surface area contributed by atoms with Crippen LogP contribution >= 0.6 is 0 Å². The number of carbonyl (C=O) groups is 1. The topological polar surface area (TPSA) is 76.9 Å². The lowest BCUT2D eigenvalue weighted by atomic mass is 10.2. The molecule has 26 heavy (non-hydrogen) atoms. The molecule has 0 bridgehead atoms. The van der Waals surface area contributed by atoms with Crippen LogP contribution in [0.25, 0.3) is 21.8 Å². The summed E-state index contributed by atoms with van der Waals surface area (Å²) in [4.78, 5) is 28.6. The number of amides is 1. The molecule has 1 amide bonds. The maximum Gasteiger partial charge on any atom is 0.226 e. The molecule has 4 aromatic rings. The van der Waals surface area contributed by atoms with Crippen LogP contribution in [0.5, 0.6) is 0 Å². The van der Waals surface area contributed by atoms with E-state index in [-0.39, 0.29) is 17.8 Å². The summed E-state index contributed by atoms with van der Waals surface area (Å²) in [6.07, 6.45) is 3.26. The molecule has 0 saturated heterocycles. The summed E-state index contributed by atoms with van der Waals surface area (Å²) in [5.74, 6) is -0.120. The molecule has 2 aromatic heterocycles. The quantitative estimate of drug-likeness (QED) is 0.617. The standard InChI is InChI=1S/C20H16N4O2/c25-19-13-22-24(18-9-2-1-5-15(18)19)12-10-20(26)23-17-8-3-7-16-14(17)6-4-11-21-16/h1-9,11,13H,10,12H2,(H,23,26). The number of anilines is 1. The number of carbonyl (C=O) groups excluding carboxylic acids is 1. The number of nitrogens with one attached hydrogen (secondary N) is 1. The van der Waals surface area contributed by atoms with Crippen molar-refractivity contribution in [1.29, 1.82) is 0 Å². The average Bonchev–Trinajstić information content (AvgIpc) is 2.68. The predicted octanol–water partition coefficient (Wildman–Crippen LogP) is 2.97. The van der Waals surface area contributed by atoms with E-state index in [4.69, 9.17) is 0 Å². The number of fused-ring (bicyclic) bond motifs is 2. The lowest BCUT2D eigenvalue weighted by Gasteiger charge is -2.10. The van der Waals surface area contributed by atoms with Gasteiger partial charge in [0.05, 0.1) is 29.5 Å². The minimum absolute atomic E-state index is 0.120. The van der Waals surface area contributed by atoms with Crippen molar-refractivity contribution in [2.75, 3.05) is 5.32 Å². The molecule has 0 atom stereocenters. The summed E-state index contributed by atoms with van der Waals surface area (Å²) in [5.41, 5.74) is 2.17. The SMILES string of the molecule is O=C(CCn1ncc(=O)c2ccccc21)Nc1cccc2ncccc12. The molecule has 0 fully saturated rings. The van der Waals surface area contributed by atoms with Crippen LogP contribution in [0.4, 0.5) is 5.69 Å². The van der Waals surface area contributed by atoms with E-state index in [2.05, 4.69) is 15.4 Å². The number of benzene rings is 2. The molecule has 6 heteroatoms. The van der Waals surface area contributed by atoms with Gasteiger partial charge in [-0.2, -0.15) is 5.10 Å². The highest BCUT2D eigenvalue weighted by molar-refractivity contribution is 6.00. The number of aryl methyl sites for hydroxylation is 1. The van der Waals surface area contributed by atoms with E-state index in [1.807, 2.05) is 48.5 Å². The minimum atomic E-state index is -0.121. The van der Waals surface area contributed by atoms with Gasteiger partial charge in [0.15, 0.2) is 0 Å². The van der Waals surface area contributed by atoms with E-state index in [1.54, 1.807) is 16.9 Å². The average molecular weight is 344 g/mol. The second-order valence-electron chi connectivity index (χ2n) is 5.92. The molecule has 0 spiro atoms. The summed E-state index contributed by atoms with van der Waals surface area (Å²) in [7, 11) is 0. The van der Waals surface area contributed by atoms with Crippen LogP contribution < -0.4 is 10.7 Å². The zero-order chi connectivity index (χ0) is 17.9. The maximum atomic E-state index is 12.4. The number of para-hydroxylation sites is 1. The first kappa shape index (κ1) is 16.0. The lowest BCUT2D eigenvalue weighted by molar-refractivity contribution is -0.116. The van der Waals surface area contributed by atoms with E-state index < -0.39 is 0 Å². The van der Waals surface area contributed by atoms with Crippen LogP contribution in [0, 0.1) is 0 Å². The third-order valence-electron chi connectivity index (χ3n) is 4.23. The molecule has 0 aliphatic heterocycles. The van der Waals surface area contributed by atoms with Gasteiger partial charge in [0.1, 0.15) is 0 Å². The Morgan fingerprint density at radius 3 is 2.77 bits per heavy atom. The lowest BCUT2D eigenvalue weighted by Crippen LogP contribution is -2.18. The second kappa shape index (κ2) is 6.76. The van der Waals surface area contributed by atoms with Crippen molar-refractivity contribution in [3.63, 3.8) is 0 Å². The third kappa shape index (κ3) is 3.04. The van der Waals surface area contributed by atoms with E-state index >= 15 is 0 Å². The molecular weight excluding hydrogens is 328 g/mol. The van der Waals surface area contributed by atoms with E-state index in [1.165, 1.54) is 6.20 Å². The van der Waals surface area contributed by atoms with Gasteiger partial charge in [0, 0.05) is 23.4 Å². The molecule has 0 aliphatic carbocycles. The van der Waals surface area contributed by atoms with Gasteiger partial charge in [0.25, 0.3) is 0 Å². The number of hydrogen-bond donors (Lipinski definition) is 1. The monoisotopic (exact) mass is 344 g/mol. The molecule has 4 rings (SSSR count). The number of pyridine rings is 1. The number of aromatic nitrogens is 3. The zero-order valence-corrected chi connectivity index (χ0v) is 13.9. The van der Waals surface area contributed by atoms with E-state index in [9.17, 15) is 9.59 Å². The van der Waals surface area contributed by atoms with Crippen LogP contribution in [0.1, 0.15) is 6.42 Å². The third-order valence-corrected chi connectivity index (χ3v) is 4.23.